The summed E-state index contributed by atoms with van der Waals surface area (Å²) in [4.78, 5) is 16.0. The van der Waals surface area contributed by atoms with E-state index in [0.717, 1.165) is 17.5 Å². The molecule has 0 saturated carbocycles. The maximum atomic E-state index is 12.8. The topological polar surface area (TPSA) is 79.4 Å². The van der Waals surface area contributed by atoms with Gasteiger partial charge >= 0.3 is 0 Å². The number of hydrogen-bond acceptors (Lipinski definition) is 5. The third kappa shape index (κ3) is 4.33. The number of carbonyl (C=O) groups excluding carboxylic acids is 1. The first-order chi connectivity index (χ1) is 11.4. The van der Waals surface area contributed by atoms with Crippen LogP contribution in [-0.2, 0) is 14.8 Å². The molecule has 1 N–H and O–H groups in total. The Balaban J connectivity index is 2.36. The molecule has 0 bridgehead atoms. The highest BCUT2D eigenvalue weighted by molar-refractivity contribution is 9.09. The van der Waals surface area contributed by atoms with E-state index in [2.05, 4.69) is 26.2 Å². The van der Waals surface area contributed by atoms with Crippen LogP contribution >= 0.6 is 27.3 Å². The van der Waals surface area contributed by atoms with Gasteiger partial charge in [0.2, 0.25) is 15.9 Å². The number of fused-ring (bicyclic) bond motifs is 1. The molecule has 0 radical (unpaired) electrons. The summed E-state index contributed by atoms with van der Waals surface area (Å²) in [6.45, 7) is 4.93. The fraction of sp³-hybridized carbons (Fsp3) is 0.467. The number of aromatic nitrogens is 1. The van der Waals surface area contributed by atoms with Crippen LogP contribution in [0, 0.1) is 0 Å². The summed E-state index contributed by atoms with van der Waals surface area (Å²) in [5.41, 5.74) is 0.668. The molecule has 1 amide bonds. The van der Waals surface area contributed by atoms with Crippen molar-refractivity contribution in [3.05, 3.63) is 18.2 Å². The fourth-order valence-corrected chi connectivity index (χ4v) is 5.06. The molecule has 0 atom stereocenters. The van der Waals surface area contributed by atoms with Gasteiger partial charge < -0.3 is 5.32 Å². The minimum atomic E-state index is -3.52. The van der Waals surface area contributed by atoms with Crippen LogP contribution in [0.25, 0.3) is 10.2 Å². The first kappa shape index (κ1) is 19.3. The molecule has 1 aromatic heterocycles. The number of benzene rings is 1. The smallest absolute Gasteiger partial charge is 0.243 e. The largest absolute Gasteiger partial charge is 0.301 e. The molecule has 6 nitrogen and oxygen atoms in total. The second kappa shape index (κ2) is 8.37. The second-order valence-corrected chi connectivity index (χ2v) is 8.76. The Morgan fingerprint density at radius 3 is 2.54 bits per heavy atom. The third-order valence-electron chi connectivity index (χ3n) is 3.31. The Hall–Kier alpha value is -1.03. The Morgan fingerprint density at radius 1 is 1.29 bits per heavy atom. The van der Waals surface area contributed by atoms with Crippen molar-refractivity contribution in [3.63, 3.8) is 0 Å². The number of amides is 1. The monoisotopic (exact) mass is 433 g/mol. The minimum Gasteiger partial charge on any atom is -0.301 e. The number of alkyl halides is 1. The SMILES string of the molecule is CCCN(CCC)S(=O)(=O)c1ccc2nc(NC(=O)CBr)sc2c1. The summed E-state index contributed by atoms with van der Waals surface area (Å²) < 4.78 is 27.9. The van der Waals surface area contributed by atoms with E-state index in [1.807, 2.05) is 13.8 Å². The van der Waals surface area contributed by atoms with Crippen molar-refractivity contribution in [2.24, 2.45) is 0 Å². The van der Waals surface area contributed by atoms with Gasteiger partial charge in [-0.3, -0.25) is 4.79 Å². The van der Waals surface area contributed by atoms with E-state index in [4.69, 9.17) is 0 Å². The van der Waals surface area contributed by atoms with Gasteiger partial charge in [0, 0.05) is 13.1 Å². The van der Waals surface area contributed by atoms with Gasteiger partial charge in [0.1, 0.15) is 0 Å². The number of halogens is 1. The molecule has 9 heteroatoms. The van der Waals surface area contributed by atoms with Gasteiger partial charge in [-0.25, -0.2) is 13.4 Å². The van der Waals surface area contributed by atoms with E-state index in [1.54, 1.807) is 18.2 Å². The van der Waals surface area contributed by atoms with E-state index in [-0.39, 0.29) is 16.1 Å². The van der Waals surface area contributed by atoms with Crippen molar-refractivity contribution >= 4 is 58.5 Å². The highest BCUT2D eigenvalue weighted by Crippen LogP contribution is 2.29. The molecule has 0 aliphatic carbocycles. The molecule has 0 saturated heterocycles. The van der Waals surface area contributed by atoms with E-state index in [9.17, 15) is 13.2 Å². The van der Waals surface area contributed by atoms with Crippen molar-refractivity contribution in [1.29, 1.82) is 0 Å². The molecule has 0 spiro atoms. The number of sulfonamides is 1. The van der Waals surface area contributed by atoms with E-state index in [0.29, 0.717) is 23.7 Å². The van der Waals surface area contributed by atoms with Gasteiger partial charge in [-0.1, -0.05) is 41.1 Å². The van der Waals surface area contributed by atoms with Gasteiger partial charge in [0.05, 0.1) is 20.4 Å². The van der Waals surface area contributed by atoms with Gasteiger partial charge in [-0.05, 0) is 31.0 Å². The summed E-state index contributed by atoms with van der Waals surface area (Å²) in [6, 6.07) is 4.88. The van der Waals surface area contributed by atoms with Crippen molar-refractivity contribution < 1.29 is 13.2 Å². The Labute approximate surface area is 154 Å². The zero-order chi connectivity index (χ0) is 17.7. The first-order valence-electron chi connectivity index (χ1n) is 7.69. The highest BCUT2D eigenvalue weighted by Gasteiger charge is 2.23. The van der Waals surface area contributed by atoms with Crippen molar-refractivity contribution in [1.82, 2.24) is 9.29 Å². The maximum absolute atomic E-state index is 12.8. The zero-order valence-electron chi connectivity index (χ0n) is 13.6. The molecule has 0 unspecified atom stereocenters. The van der Waals surface area contributed by atoms with E-state index in [1.165, 1.54) is 15.6 Å². The van der Waals surface area contributed by atoms with E-state index < -0.39 is 10.0 Å². The van der Waals surface area contributed by atoms with Gasteiger partial charge in [-0.15, -0.1) is 0 Å². The Kier molecular flexibility index (Phi) is 6.73. The predicted molar refractivity (Wildman–Crippen MR) is 101 cm³/mol. The highest BCUT2D eigenvalue weighted by atomic mass is 79.9. The Bertz CT molecular complexity index is 814. The van der Waals surface area contributed by atoms with Crippen LogP contribution in [0.15, 0.2) is 23.1 Å². The van der Waals surface area contributed by atoms with Crippen LogP contribution in [0.4, 0.5) is 5.13 Å². The molecule has 2 aromatic rings. The van der Waals surface area contributed by atoms with Crippen molar-refractivity contribution in [2.45, 2.75) is 31.6 Å². The summed E-state index contributed by atoms with van der Waals surface area (Å²) in [7, 11) is -3.52. The molecule has 1 aromatic carbocycles. The number of thiazole rings is 1. The van der Waals surface area contributed by atoms with Crippen LogP contribution in [-0.4, -0.2) is 42.0 Å². The number of nitrogens with zero attached hydrogens (tertiary/aromatic N) is 2. The van der Waals surface area contributed by atoms with Gasteiger partial charge in [0.25, 0.3) is 0 Å². The summed E-state index contributed by atoms with van der Waals surface area (Å²) >= 11 is 4.34. The molecule has 0 aliphatic heterocycles. The number of carbonyl (C=O) groups is 1. The third-order valence-corrected chi connectivity index (χ3v) is 6.65. The predicted octanol–water partition coefficient (Wildman–Crippen LogP) is 3.44. The summed E-state index contributed by atoms with van der Waals surface area (Å²) in [5.74, 6) is -0.195. The molecule has 1 heterocycles. The average Bonchev–Trinajstić information content (AvgIpc) is 2.95. The maximum Gasteiger partial charge on any atom is 0.243 e. The first-order valence-corrected chi connectivity index (χ1v) is 11.1. The van der Waals surface area contributed by atoms with Crippen molar-refractivity contribution in [3.8, 4) is 0 Å². The number of nitrogens with one attached hydrogen (secondary N) is 1. The molecular weight excluding hydrogens is 414 g/mol. The standard InChI is InChI=1S/C15H20BrN3O3S2/c1-3-7-19(8-4-2)24(21,22)11-5-6-12-13(9-11)23-15(17-12)18-14(20)10-16/h5-6,9H,3-4,7-8,10H2,1-2H3,(H,17,18,20). The quantitative estimate of drug-likeness (QED) is 0.646. The molecule has 2 rings (SSSR count). The minimum absolute atomic E-state index is 0.186. The van der Waals surface area contributed by atoms with Gasteiger partial charge in [-0.2, -0.15) is 4.31 Å². The molecular formula is C15H20BrN3O3S2. The number of anilines is 1. The zero-order valence-corrected chi connectivity index (χ0v) is 16.8. The lowest BCUT2D eigenvalue weighted by Crippen LogP contribution is -2.32. The normalized spacial score (nSPS) is 12.0. The molecule has 0 fully saturated rings. The van der Waals surface area contributed by atoms with Crippen LogP contribution in [0.1, 0.15) is 26.7 Å². The van der Waals surface area contributed by atoms with E-state index >= 15 is 0 Å². The van der Waals surface area contributed by atoms with Crippen LogP contribution in [0.2, 0.25) is 0 Å². The molecule has 0 aliphatic rings. The summed E-state index contributed by atoms with van der Waals surface area (Å²) in [6.07, 6.45) is 1.54. The van der Waals surface area contributed by atoms with Crippen LogP contribution < -0.4 is 5.32 Å². The van der Waals surface area contributed by atoms with Crippen molar-refractivity contribution in [2.75, 3.05) is 23.7 Å². The second-order valence-electron chi connectivity index (χ2n) is 5.23. The number of rotatable bonds is 8. The average molecular weight is 434 g/mol. The van der Waals surface area contributed by atoms with Crippen LogP contribution in [0.5, 0.6) is 0 Å². The molecule has 24 heavy (non-hydrogen) atoms. The molecule has 132 valence electrons. The lowest BCUT2D eigenvalue weighted by atomic mass is 10.3. The fourth-order valence-electron chi connectivity index (χ4n) is 2.27. The van der Waals surface area contributed by atoms with Gasteiger partial charge in [0.15, 0.2) is 5.13 Å². The summed E-state index contributed by atoms with van der Waals surface area (Å²) in [5, 5.41) is 3.31. The lowest BCUT2D eigenvalue weighted by Gasteiger charge is -2.20. The Morgan fingerprint density at radius 2 is 1.96 bits per heavy atom. The van der Waals surface area contributed by atoms with Crippen LogP contribution in [0.3, 0.4) is 0 Å². The lowest BCUT2D eigenvalue weighted by molar-refractivity contribution is -0.113. The number of hydrogen-bond donors (Lipinski definition) is 1.